The fourth-order valence-corrected chi connectivity index (χ4v) is 3.05. The summed E-state index contributed by atoms with van der Waals surface area (Å²) in [6.07, 6.45) is 9.13. The third-order valence-corrected chi connectivity index (χ3v) is 3.85. The van der Waals surface area contributed by atoms with Crippen LogP contribution in [0.25, 0.3) is 45.4 Å². The van der Waals surface area contributed by atoms with E-state index in [1.165, 1.54) is 0 Å². The first-order chi connectivity index (χ1) is 10.8. The van der Waals surface area contributed by atoms with Crippen LogP contribution < -0.4 is 31.3 Å². The largest absolute Gasteiger partial charge is 0.270 e. The summed E-state index contributed by atoms with van der Waals surface area (Å²) in [4.78, 5) is 6.70. The van der Waals surface area contributed by atoms with Crippen molar-refractivity contribution in [2.24, 2.45) is 0 Å². The van der Waals surface area contributed by atoms with Crippen molar-refractivity contribution in [2.45, 2.75) is 12.8 Å². The van der Waals surface area contributed by atoms with Gasteiger partial charge < -0.3 is 0 Å². The van der Waals surface area contributed by atoms with Crippen LogP contribution in [0.1, 0.15) is 12.8 Å². The Kier molecular flexibility index (Phi) is 3.08. The highest BCUT2D eigenvalue weighted by Gasteiger charge is 2.11. The quantitative estimate of drug-likeness (QED) is 0.556. The van der Waals surface area contributed by atoms with Crippen LogP contribution in [0.3, 0.4) is 0 Å². The maximum atomic E-state index is 9.26. The number of nitriles is 2. The van der Waals surface area contributed by atoms with E-state index in [1.54, 1.807) is 0 Å². The van der Waals surface area contributed by atoms with Crippen molar-refractivity contribution < 1.29 is 0 Å². The maximum Gasteiger partial charge on any atom is 0.270 e. The molecule has 22 heavy (non-hydrogen) atoms. The summed E-state index contributed by atoms with van der Waals surface area (Å²) in [6.45, 7) is 14.5. The second kappa shape index (κ2) is 5.06. The van der Waals surface area contributed by atoms with Gasteiger partial charge in [-0.25, -0.2) is 20.2 Å². The fourth-order valence-electron chi connectivity index (χ4n) is 3.05. The molecule has 0 aromatic heterocycles. The number of rotatable bonds is 0. The molecule has 4 heteroatoms. The molecular formula is C18H8N4. The molecule has 0 spiro atoms. The summed E-state index contributed by atoms with van der Waals surface area (Å²) >= 11 is 0. The van der Waals surface area contributed by atoms with Crippen molar-refractivity contribution in [1.82, 2.24) is 0 Å². The molecule has 0 unspecified atom stereocenters. The van der Waals surface area contributed by atoms with Gasteiger partial charge in [-0.05, 0) is 33.7 Å². The van der Waals surface area contributed by atoms with Gasteiger partial charge in [0.2, 0.25) is 0 Å². The molecule has 2 aliphatic carbocycles. The summed E-state index contributed by atoms with van der Waals surface area (Å²) in [6, 6.07) is 3.93. The predicted octanol–water partition coefficient (Wildman–Crippen LogP) is -1.28. The molecule has 0 heterocycles. The molecule has 1 aromatic carbocycles. The molecule has 2 aliphatic rings. The molecule has 0 saturated heterocycles. The second-order valence-corrected chi connectivity index (χ2v) is 4.84. The van der Waals surface area contributed by atoms with E-state index in [0.29, 0.717) is 23.3 Å². The van der Waals surface area contributed by atoms with Gasteiger partial charge in [0.05, 0.1) is 25.3 Å². The molecule has 0 bridgehead atoms. The number of hydrogen-bond acceptors (Lipinski definition) is 2. The lowest BCUT2D eigenvalue weighted by Gasteiger charge is -1.98. The van der Waals surface area contributed by atoms with Crippen molar-refractivity contribution in [2.75, 3.05) is 0 Å². The van der Waals surface area contributed by atoms with Gasteiger partial charge in [0.1, 0.15) is 0 Å². The molecule has 3 rings (SSSR count). The van der Waals surface area contributed by atoms with Crippen molar-refractivity contribution in [1.29, 1.82) is 10.5 Å². The first kappa shape index (κ1) is 13.4. The zero-order valence-electron chi connectivity index (χ0n) is 11.5. The topological polar surface area (TPSA) is 56.3 Å². The highest BCUT2D eigenvalue weighted by molar-refractivity contribution is 5.72. The van der Waals surface area contributed by atoms with Crippen molar-refractivity contribution in [3.63, 3.8) is 0 Å². The summed E-state index contributed by atoms with van der Waals surface area (Å²) in [5.41, 5.74) is 0.108. The molecule has 0 aliphatic heterocycles. The number of nitrogens with zero attached hydrogens (tertiary/aromatic N) is 4. The van der Waals surface area contributed by atoms with E-state index in [2.05, 4.69) is 9.69 Å². The van der Waals surface area contributed by atoms with Crippen LogP contribution in [0.4, 0.5) is 0 Å². The highest BCUT2D eigenvalue weighted by atomic mass is 14.7. The van der Waals surface area contributed by atoms with Crippen LogP contribution >= 0.6 is 0 Å². The molecule has 0 atom stereocenters. The Hall–Kier alpha value is -3.60. The van der Waals surface area contributed by atoms with Gasteiger partial charge in [0.15, 0.2) is 0 Å². The number of hydrogen-bond donors (Lipinski definition) is 0. The lowest BCUT2D eigenvalue weighted by Crippen LogP contribution is -2.64. The second-order valence-electron chi connectivity index (χ2n) is 4.84. The SMILES string of the molecule is [C-]#[N+]C(C#N)=c1c2c(c(=C(C#N)[N+]#[C-])c3c1=CCC=3)=CCC=2. The minimum Gasteiger partial charge on any atom is -0.226 e. The molecule has 4 nitrogen and oxygen atoms in total. The Morgan fingerprint density at radius 1 is 0.773 bits per heavy atom. The van der Waals surface area contributed by atoms with Gasteiger partial charge in [-0.2, -0.15) is 0 Å². The first-order valence-electron chi connectivity index (χ1n) is 6.63. The summed E-state index contributed by atoms with van der Waals surface area (Å²) < 4.78 is 0. The van der Waals surface area contributed by atoms with Crippen LogP contribution in [0.5, 0.6) is 0 Å². The zero-order valence-corrected chi connectivity index (χ0v) is 11.5. The van der Waals surface area contributed by atoms with Gasteiger partial charge in [-0.15, -0.1) is 0 Å². The monoisotopic (exact) mass is 280 g/mol. The molecule has 0 saturated carbocycles. The van der Waals surface area contributed by atoms with Crippen LogP contribution in [0.15, 0.2) is 0 Å². The van der Waals surface area contributed by atoms with Gasteiger partial charge in [0.25, 0.3) is 11.4 Å². The zero-order chi connectivity index (χ0) is 15.7. The fraction of sp³-hybridized carbons (Fsp3) is 0.111. The predicted molar refractivity (Wildman–Crippen MR) is 82.5 cm³/mol. The van der Waals surface area contributed by atoms with Gasteiger partial charge in [-0.3, -0.25) is 0 Å². The maximum absolute atomic E-state index is 9.26. The van der Waals surface area contributed by atoms with Crippen LogP contribution in [0, 0.1) is 35.8 Å². The van der Waals surface area contributed by atoms with Crippen LogP contribution in [-0.4, -0.2) is 0 Å². The highest BCUT2D eigenvalue weighted by Crippen LogP contribution is 1.93. The number of benzene rings is 1. The Morgan fingerprint density at radius 2 is 1.09 bits per heavy atom. The normalized spacial score (nSPS) is 12.5. The smallest absolute Gasteiger partial charge is 0.226 e. The van der Waals surface area contributed by atoms with E-state index in [9.17, 15) is 10.5 Å². The van der Waals surface area contributed by atoms with Gasteiger partial charge >= 0.3 is 0 Å². The third kappa shape index (κ3) is 1.66. The van der Waals surface area contributed by atoms with E-state index in [1.807, 2.05) is 36.4 Å². The minimum absolute atomic E-state index is 0.0541. The average molecular weight is 280 g/mol. The van der Waals surface area contributed by atoms with E-state index in [4.69, 9.17) is 13.1 Å². The molecule has 1 aromatic rings. The summed E-state index contributed by atoms with van der Waals surface area (Å²) in [5, 5.41) is 23.0. The Balaban J connectivity index is 2.92. The van der Waals surface area contributed by atoms with Crippen molar-refractivity contribution in [3.05, 3.63) is 54.1 Å². The van der Waals surface area contributed by atoms with Crippen molar-refractivity contribution >= 4 is 35.7 Å². The van der Waals surface area contributed by atoms with Gasteiger partial charge in [-0.1, -0.05) is 24.3 Å². The van der Waals surface area contributed by atoms with E-state index >= 15 is 0 Å². The van der Waals surface area contributed by atoms with E-state index < -0.39 is 0 Å². The van der Waals surface area contributed by atoms with Crippen LogP contribution in [0.2, 0.25) is 0 Å². The molecule has 0 radical (unpaired) electrons. The lowest BCUT2D eigenvalue weighted by atomic mass is 10.1. The molecule has 0 fully saturated rings. The van der Waals surface area contributed by atoms with Gasteiger partial charge in [0, 0.05) is 10.4 Å². The molecular weight excluding hydrogens is 272 g/mol. The summed E-state index contributed by atoms with van der Waals surface area (Å²) in [5.74, 6) is 0. The standard InChI is InChI=1S/C18H8N4/c1-21-15(9-19)17-11-5-3-7-13(11)18(16(10-20)22-2)14-8-4-6-12(14)17/h5-8H,3-4H2. The first-order valence-corrected chi connectivity index (χ1v) is 6.63. The molecule has 0 amide bonds. The van der Waals surface area contributed by atoms with Crippen molar-refractivity contribution in [3.8, 4) is 12.1 Å². The van der Waals surface area contributed by atoms with E-state index in [-0.39, 0.29) is 11.4 Å². The van der Waals surface area contributed by atoms with E-state index in [0.717, 1.165) is 20.9 Å². The summed E-state index contributed by atoms with van der Waals surface area (Å²) in [7, 11) is 0. The Labute approximate surface area is 126 Å². The molecule has 0 N–H and O–H groups in total. The van der Waals surface area contributed by atoms with Crippen LogP contribution in [-0.2, 0) is 0 Å². The lowest BCUT2D eigenvalue weighted by molar-refractivity contribution is 1.30. The number of fused-ring (bicyclic) bond motifs is 2. The Bertz CT molecular complexity index is 1060. The average Bonchev–Trinajstić information content (AvgIpc) is 3.19. The Morgan fingerprint density at radius 3 is 1.32 bits per heavy atom. The minimum atomic E-state index is 0.0541. The third-order valence-electron chi connectivity index (χ3n) is 3.85. The molecule has 100 valence electrons.